The van der Waals surface area contributed by atoms with Crippen LogP contribution in [-0.2, 0) is 11.7 Å². The third kappa shape index (κ3) is 4.03. The molecule has 1 aromatic carbocycles. The molecule has 3 aromatic heterocycles. The summed E-state index contributed by atoms with van der Waals surface area (Å²) in [6, 6.07) is 6.32. The molecule has 37 heavy (non-hydrogen) atoms. The van der Waals surface area contributed by atoms with Gasteiger partial charge in [-0.3, -0.25) is 0 Å². The first-order valence-corrected chi connectivity index (χ1v) is 11.7. The van der Waals surface area contributed by atoms with Crippen LogP contribution in [0.3, 0.4) is 0 Å². The highest BCUT2D eigenvalue weighted by molar-refractivity contribution is 6.36. The zero-order valence-electron chi connectivity index (χ0n) is 20.2. The van der Waals surface area contributed by atoms with E-state index in [4.69, 9.17) is 27.8 Å². The van der Waals surface area contributed by atoms with Gasteiger partial charge in [-0.15, -0.1) is 0 Å². The Labute approximate surface area is 215 Å². The molecule has 192 valence electrons. The number of ether oxygens (including phenoxy) is 1. The molecule has 0 bridgehead atoms. The first-order valence-electron chi connectivity index (χ1n) is 11.3. The number of halogens is 4. The maximum atomic E-state index is 14.1. The van der Waals surface area contributed by atoms with Gasteiger partial charge in [0.2, 0.25) is 0 Å². The van der Waals surface area contributed by atoms with Crippen molar-refractivity contribution in [2.45, 2.75) is 32.5 Å². The average Bonchev–Trinajstić information content (AvgIpc) is 3.01. The molecule has 8 nitrogen and oxygen atoms in total. The molecular formula is C25H23ClF3N7O. The number of nitrogens with zero attached hydrogens (tertiary/aromatic N) is 5. The van der Waals surface area contributed by atoms with Gasteiger partial charge in [0.15, 0.2) is 5.75 Å². The van der Waals surface area contributed by atoms with E-state index in [1.54, 1.807) is 12.3 Å². The fourth-order valence-corrected chi connectivity index (χ4v) is 5.17. The monoisotopic (exact) mass is 529 g/mol. The van der Waals surface area contributed by atoms with Crippen LogP contribution in [0.25, 0.3) is 22.2 Å². The van der Waals surface area contributed by atoms with Crippen LogP contribution in [0, 0.1) is 6.92 Å². The molecule has 0 aliphatic carbocycles. The molecular weight excluding hydrogens is 507 g/mol. The van der Waals surface area contributed by atoms with Crippen LogP contribution in [0.4, 0.5) is 30.6 Å². The first-order chi connectivity index (χ1) is 17.4. The van der Waals surface area contributed by atoms with Gasteiger partial charge in [-0.25, -0.2) is 19.9 Å². The van der Waals surface area contributed by atoms with E-state index in [-0.39, 0.29) is 40.0 Å². The van der Waals surface area contributed by atoms with Crippen LogP contribution in [0.15, 0.2) is 36.8 Å². The lowest BCUT2D eigenvalue weighted by Gasteiger charge is -2.39. The zero-order chi connectivity index (χ0) is 26.7. The topological polar surface area (TPSA) is 116 Å². The Bertz CT molecular complexity index is 1540. The molecule has 0 saturated carbocycles. The molecule has 1 aliphatic heterocycles. The average molecular weight is 530 g/mol. The highest BCUT2D eigenvalue weighted by atomic mass is 35.5. The number of hydrogen-bond donors (Lipinski definition) is 2. The standard InChI is InChI=1S/C25H23ClF3N7O/c1-12-9-16(30)35-20(18(12)25(27,28)29)13-10-15-17-21(19(13)26)37-8-7-36(23(17)34-11-33-15)24(2,3)14-5-4-6-32-22(14)31/h4-6,9-11H,7-8H2,1-3H3,(H2,30,35)(H2,31,32). The lowest BCUT2D eigenvalue weighted by molar-refractivity contribution is -0.137. The second-order valence-electron chi connectivity index (χ2n) is 9.24. The summed E-state index contributed by atoms with van der Waals surface area (Å²) >= 11 is 6.75. The number of benzene rings is 1. The number of alkyl halides is 3. The molecule has 1 aliphatic rings. The maximum absolute atomic E-state index is 14.1. The summed E-state index contributed by atoms with van der Waals surface area (Å²) in [6.07, 6.45) is -1.72. The largest absolute Gasteiger partial charge is 0.489 e. The van der Waals surface area contributed by atoms with Crippen LogP contribution < -0.4 is 21.1 Å². The molecule has 12 heteroatoms. The van der Waals surface area contributed by atoms with Crippen molar-refractivity contribution in [1.82, 2.24) is 19.9 Å². The minimum Gasteiger partial charge on any atom is -0.489 e. The number of aromatic nitrogens is 4. The van der Waals surface area contributed by atoms with Crippen molar-refractivity contribution >= 4 is 40.0 Å². The van der Waals surface area contributed by atoms with Crippen LogP contribution >= 0.6 is 11.6 Å². The van der Waals surface area contributed by atoms with Gasteiger partial charge in [-0.1, -0.05) is 17.7 Å². The van der Waals surface area contributed by atoms with Crippen LogP contribution in [0.2, 0.25) is 5.02 Å². The molecule has 0 atom stereocenters. The number of nitrogen functional groups attached to an aromatic ring is 2. The summed E-state index contributed by atoms with van der Waals surface area (Å²) < 4.78 is 48.3. The van der Waals surface area contributed by atoms with E-state index in [1.165, 1.54) is 25.4 Å². The Hall–Kier alpha value is -3.86. The zero-order valence-corrected chi connectivity index (χ0v) is 20.9. The third-order valence-electron chi connectivity index (χ3n) is 6.56. The number of rotatable bonds is 3. The quantitative estimate of drug-likeness (QED) is 0.364. The number of aryl methyl sites for hydroxylation is 1. The van der Waals surface area contributed by atoms with Gasteiger partial charge in [0.1, 0.15) is 30.4 Å². The van der Waals surface area contributed by atoms with E-state index in [0.29, 0.717) is 29.1 Å². The normalized spacial score (nSPS) is 14.0. The van der Waals surface area contributed by atoms with Crippen molar-refractivity contribution in [2.24, 2.45) is 0 Å². The Morgan fingerprint density at radius 1 is 1.11 bits per heavy atom. The molecule has 4 heterocycles. The van der Waals surface area contributed by atoms with Gasteiger partial charge in [-0.2, -0.15) is 13.2 Å². The lowest BCUT2D eigenvalue weighted by atomic mass is 9.92. The van der Waals surface area contributed by atoms with Crippen LogP contribution in [0.5, 0.6) is 5.75 Å². The molecule has 4 aromatic rings. The number of anilines is 3. The van der Waals surface area contributed by atoms with Crippen molar-refractivity contribution in [3.8, 4) is 17.0 Å². The fourth-order valence-electron chi connectivity index (χ4n) is 4.88. The molecule has 4 N–H and O–H groups in total. The van der Waals surface area contributed by atoms with E-state index >= 15 is 0 Å². The maximum Gasteiger partial charge on any atom is 0.418 e. The van der Waals surface area contributed by atoms with Gasteiger partial charge < -0.3 is 21.1 Å². The molecule has 0 saturated heterocycles. The molecule has 0 spiro atoms. The van der Waals surface area contributed by atoms with E-state index in [2.05, 4.69) is 19.9 Å². The highest BCUT2D eigenvalue weighted by Crippen LogP contribution is 2.49. The first kappa shape index (κ1) is 24.8. The van der Waals surface area contributed by atoms with E-state index < -0.39 is 17.3 Å². The van der Waals surface area contributed by atoms with Gasteiger partial charge in [0.05, 0.1) is 39.3 Å². The predicted molar refractivity (Wildman–Crippen MR) is 136 cm³/mol. The molecule has 0 radical (unpaired) electrons. The van der Waals surface area contributed by atoms with E-state index in [1.807, 2.05) is 24.8 Å². The van der Waals surface area contributed by atoms with Gasteiger partial charge in [-0.05, 0) is 44.5 Å². The van der Waals surface area contributed by atoms with Gasteiger partial charge >= 0.3 is 6.18 Å². The highest BCUT2D eigenvalue weighted by Gasteiger charge is 2.39. The molecule has 0 fully saturated rings. The minimum atomic E-state index is -4.69. The SMILES string of the molecule is Cc1cc(N)nc(-c2cc3ncnc4c3c(c2Cl)OCCN4C(C)(C)c2cccnc2N)c1C(F)(F)F. The minimum absolute atomic E-state index is 0.0146. The summed E-state index contributed by atoms with van der Waals surface area (Å²) in [5.41, 5.74) is 11.1. The number of hydrogen-bond acceptors (Lipinski definition) is 8. The summed E-state index contributed by atoms with van der Waals surface area (Å²) in [4.78, 5) is 19.1. The Balaban J connectivity index is 1.77. The summed E-state index contributed by atoms with van der Waals surface area (Å²) in [5, 5.41) is 0.436. The lowest BCUT2D eigenvalue weighted by Crippen LogP contribution is -2.44. The van der Waals surface area contributed by atoms with E-state index in [0.717, 1.165) is 5.56 Å². The Kier molecular flexibility index (Phi) is 5.78. The van der Waals surface area contributed by atoms with Crippen molar-refractivity contribution in [3.63, 3.8) is 0 Å². The van der Waals surface area contributed by atoms with E-state index in [9.17, 15) is 13.2 Å². The van der Waals surface area contributed by atoms with Crippen molar-refractivity contribution < 1.29 is 17.9 Å². The van der Waals surface area contributed by atoms with Crippen LogP contribution in [-0.4, -0.2) is 33.1 Å². The smallest absolute Gasteiger partial charge is 0.418 e. The number of pyridine rings is 2. The number of nitrogens with two attached hydrogens (primary N) is 2. The Morgan fingerprint density at radius 2 is 1.86 bits per heavy atom. The summed E-state index contributed by atoms with van der Waals surface area (Å²) in [6.45, 7) is 5.84. The third-order valence-corrected chi connectivity index (χ3v) is 6.94. The van der Waals surface area contributed by atoms with Crippen molar-refractivity contribution in [3.05, 3.63) is 58.5 Å². The fraction of sp³-hybridized carbons (Fsp3) is 0.280. The van der Waals surface area contributed by atoms with Gasteiger partial charge in [0, 0.05) is 17.3 Å². The summed E-state index contributed by atoms with van der Waals surface area (Å²) in [7, 11) is 0. The molecule has 0 amide bonds. The van der Waals surface area contributed by atoms with Crippen molar-refractivity contribution in [2.75, 3.05) is 29.5 Å². The second-order valence-corrected chi connectivity index (χ2v) is 9.62. The van der Waals surface area contributed by atoms with Crippen molar-refractivity contribution in [1.29, 1.82) is 0 Å². The predicted octanol–water partition coefficient (Wildman–Crippen LogP) is 5.37. The second kappa shape index (κ2) is 8.62. The molecule has 0 unspecified atom stereocenters. The van der Waals surface area contributed by atoms with Crippen LogP contribution in [0.1, 0.15) is 30.5 Å². The van der Waals surface area contributed by atoms with Gasteiger partial charge in [0.25, 0.3) is 0 Å². The molecule has 5 rings (SSSR count). The Morgan fingerprint density at radius 3 is 2.57 bits per heavy atom. The summed E-state index contributed by atoms with van der Waals surface area (Å²) in [5.74, 6) is 0.998.